The molecule has 0 radical (unpaired) electrons. The number of methoxy groups -OCH3 is 1. The molecule has 1 aromatic heterocycles. The topological polar surface area (TPSA) is 122 Å². The van der Waals surface area contributed by atoms with Crippen molar-refractivity contribution in [3.8, 4) is 5.75 Å². The molecule has 9 nitrogen and oxygen atoms in total. The Morgan fingerprint density at radius 1 is 0.914 bits per heavy atom. The Kier molecular flexibility index (Phi) is 7.23. The number of benzene rings is 3. The van der Waals surface area contributed by atoms with Gasteiger partial charge in [-0.1, -0.05) is 24.3 Å². The van der Waals surface area contributed by atoms with E-state index in [0.29, 0.717) is 34.0 Å². The number of hydrogen-bond donors (Lipinski definition) is 3. The minimum absolute atomic E-state index is 0.0713. The fourth-order valence-corrected chi connectivity index (χ4v) is 4.79. The number of ether oxygens (including phenoxy) is 1. The first-order chi connectivity index (χ1) is 16.9. The van der Waals surface area contributed by atoms with E-state index < -0.39 is 9.84 Å². The Morgan fingerprint density at radius 2 is 1.63 bits per heavy atom. The fraction of sp³-hybridized carbons (Fsp3) is 0.160. The van der Waals surface area contributed by atoms with E-state index in [1.165, 1.54) is 12.1 Å². The first kappa shape index (κ1) is 24.1. The molecule has 0 bridgehead atoms. The van der Waals surface area contributed by atoms with Crippen molar-refractivity contribution < 1.29 is 17.9 Å². The zero-order valence-corrected chi connectivity index (χ0v) is 20.1. The van der Waals surface area contributed by atoms with Crippen LogP contribution in [0.4, 0.5) is 17.2 Å². The van der Waals surface area contributed by atoms with Gasteiger partial charge in [-0.3, -0.25) is 4.79 Å². The average molecular weight is 492 g/mol. The second-order valence-corrected chi connectivity index (χ2v) is 9.72. The van der Waals surface area contributed by atoms with Crippen LogP contribution in [0, 0.1) is 0 Å². The first-order valence-electron chi connectivity index (χ1n) is 10.8. The fourth-order valence-electron chi connectivity index (χ4n) is 3.47. The van der Waals surface area contributed by atoms with E-state index in [9.17, 15) is 13.2 Å². The highest BCUT2D eigenvalue weighted by atomic mass is 32.2. The highest BCUT2D eigenvalue weighted by Crippen LogP contribution is 2.27. The van der Waals surface area contributed by atoms with Gasteiger partial charge >= 0.3 is 0 Å². The predicted molar refractivity (Wildman–Crippen MR) is 136 cm³/mol. The molecule has 4 rings (SSSR count). The molecule has 0 aliphatic rings. The Morgan fingerprint density at radius 3 is 2.37 bits per heavy atom. The third-order valence-corrected chi connectivity index (χ3v) is 6.74. The summed E-state index contributed by atoms with van der Waals surface area (Å²) >= 11 is 0. The van der Waals surface area contributed by atoms with E-state index in [4.69, 9.17) is 4.74 Å². The number of nitrogens with zero attached hydrogens (tertiary/aromatic N) is 2. The first-order valence-corrected chi connectivity index (χ1v) is 12.5. The SMILES string of the molecule is CNCC(=O)Nc1cccc(S(=O)(=O)Cc2nc3ccccc3nc2Nc2cccc(OC)c2)c1. The van der Waals surface area contributed by atoms with Gasteiger partial charge in [0.05, 0.1) is 35.3 Å². The molecule has 10 heteroatoms. The van der Waals surface area contributed by atoms with Crippen molar-refractivity contribution in [1.29, 1.82) is 0 Å². The van der Waals surface area contributed by atoms with Gasteiger partial charge in [-0.15, -0.1) is 0 Å². The number of para-hydroxylation sites is 2. The number of anilines is 3. The summed E-state index contributed by atoms with van der Waals surface area (Å²) < 4.78 is 32.0. The van der Waals surface area contributed by atoms with Crippen LogP contribution in [0.1, 0.15) is 5.69 Å². The van der Waals surface area contributed by atoms with Crippen LogP contribution < -0.4 is 20.7 Å². The molecular weight excluding hydrogens is 466 g/mol. The quantitative estimate of drug-likeness (QED) is 0.325. The summed E-state index contributed by atoms with van der Waals surface area (Å²) in [7, 11) is -0.588. The van der Waals surface area contributed by atoms with E-state index >= 15 is 0 Å². The van der Waals surface area contributed by atoms with Crippen LogP contribution in [0.15, 0.2) is 77.7 Å². The number of carbonyl (C=O) groups is 1. The van der Waals surface area contributed by atoms with Crippen LogP contribution in [-0.4, -0.2) is 45.0 Å². The zero-order chi connectivity index (χ0) is 24.8. The molecule has 0 aliphatic carbocycles. The Bertz CT molecular complexity index is 1470. The van der Waals surface area contributed by atoms with Gasteiger partial charge in [0.25, 0.3) is 0 Å². The third-order valence-electron chi connectivity index (χ3n) is 5.12. The summed E-state index contributed by atoms with van der Waals surface area (Å²) in [6.07, 6.45) is 0. The molecule has 3 aromatic carbocycles. The monoisotopic (exact) mass is 491 g/mol. The lowest BCUT2D eigenvalue weighted by Gasteiger charge is -2.13. The van der Waals surface area contributed by atoms with Crippen molar-refractivity contribution >= 4 is 44.0 Å². The van der Waals surface area contributed by atoms with Crippen LogP contribution in [0.25, 0.3) is 11.0 Å². The summed E-state index contributed by atoms with van der Waals surface area (Å²) in [6.45, 7) is 0.114. The van der Waals surface area contributed by atoms with Gasteiger partial charge in [-0.25, -0.2) is 18.4 Å². The van der Waals surface area contributed by atoms with Crippen molar-refractivity contribution in [3.05, 3.63) is 78.5 Å². The van der Waals surface area contributed by atoms with E-state index in [1.807, 2.05) is 36.4 Å². The molecule has 0 saturated carbocycles. The van der Waals surface area contributed by atoms with Crippen LogP contribution in [-0.2, 0) is 20.4 Å². The molecule has 4 aromatic rings. The van der Waals surface area contributed by atoms with Gasteiger partial charge in [0.2, 0.25) is 5.91 Å². The summed E-state index contributed by atoms with van der Waals surface area (Å²) in [5, 5.41) is 8.62. The van der Waals surface area contributed by atoms with Crippen LogP contribution in [0.5, 0.6) is 5.75 Å². The lowest BCUT2D eigenvalue weighted by molar-refractivity contribution is -0.115. The number of fused-ring (bicyclic) bond motifs is 1. The van der Waals surface area contributed by atoms with Gasteiger partial charge in [0.1, 0.15) is 11.5 Å². The van der Waals surface area contributed by atoms with E-state index in [1.54, 1.807) is 38.4 Å². The predicted octanol–water partition coefficient (Wildman–Crippen LogP) is 3.51. The number of hydrogen-bond acceptors (Lipinski definition) is 8. The van der Waals surface area contributed by atoms with Gasteiger partial charge < -0.3 is 20.7 Å². The molecular formula is C25H25N5O4S. The maximum absolute atomic E-state index is 13.4. The maximum atomic E-state index is 13.4. The van der Waals surface area contributed by atoms with Crippen LogP contribution in [0.3, 0.4) is 0 Å². The molecule has 0 unspecified atom stereocenters. The number of aromatic nitrogens is 2. The minimum atomic E-state index is -3.81. The molecule has 180 valence electrons. The van der Waals surface area contributed by atoms with Crippen molar-refractivity contribution in [3.63, 3.8) is 0 Å². The third kappa shape index (κ3) is 5.92. The van der Waals surface area contributed by atoms with E-state index in [0.717, 1.165) is 0 Å². The molecule has 0 spiro atoms. The number of likely N-dealkylation sites (N-methyl/N-ethyl adjacent to an activating group) is 1. The molecule has 0 aliphatic heterocycles. The van der Waals surface area contributed by atoms with Crippen molar-refractivity contribution in [2.75, 3.05) is 31.3 Å². The highest BCUT2D eigenvalue weighted by molar-refractivity contribution is 7.90. The lowest BCUT2D eigenvalue weighted by Crippen LogP contribution is -2.25. The molecule has 1 heterocycles. The molecule has 35 heavy (non-hydrogen) atoms. The van der Waals surface area contributed by atoms with Gasteiger partial charge in [-0.2, -0.15) is 0 Å². The summed E-state index contributed by atoms with van der Waals surface area (Å²) in [6, 6.07) is 20.7. The van der Waals surface area contributed by atoms with Gasteiger partial charge in [0.15, 0.2) is 15.7 Å². The van der Waals surface area contributed by atoms with Gasteiger partial charge in [0, 0.05) is 17.4 Å². The maximum Gasteiger partial charge on any atom is 0.238 e. The number of sulfone groups is 1. The Hall–Kier alpha value is -4.02. The second-order valence-electron chi connectivity index (χ2n) is 7.73. The van der Waals surface area contributed by atoms with Crippen molar-refractivity contribution in [2.45, 2.75) is 10.6 Å². The number of carbonyl (C=O) groups excluding carboxylic acids is 1. The molecule has 0 atom stereocenters. The largest absolute Gasteiger partial charge is 0.497 e. The lowest BCUT2D eigenvalue weighted by atomic mass is 10.2. The number of nitrogens with one attached hydrogen (secondary N) is 3. The Balaban J connectivity index is 1.69. The molecule has 0 fully saturated rings. The van der Waals surface area contributed by atoms with Crippen molar-refractivity contribution in [1.82, 2.24) is 15.3 Å². The molecule has 3 N–H and O–H groups in total. The highest BCUT2D eigenvalue weighted by Gasteiger charge is 2.21. The second kappa shape index (κ2) is 10.5. The van der Waals surface area contributed by atoms with Crippen LogP contribution in [0.2, 0.25) is 0 Å². The minimum Gasteiger partial charge on any atom is -0.497 e. The summed E-state index contributed by atoms with van der Waals surface area (Å²) in [5.41, 5.74) is 2.57. The standard InChI is InChI=1S/C25H25N5O4S/c1-26-15-24(31)27-18-8-6-10-20(14-18)35(32,33)16-23-25(28-17-7-5-9-19(13-17)34-2)30-22-12-4-3-11-21(22)29-23/h3-14,26H,15-16H2,1-2H3,(H,27,31)(H,28,30). The smallest absolute Gasteiger partial charge is 0.238 e. The number of amides is 1. The van der Waals surface area contributed by atoms with Gasteiger partial charge in [-0.05, 0) is 49.5 Å². The Labute approximate surface area is 203 Å². The van der Waals surface area contributed by atoms with E-state index in [2.05, 4.69) is 25.9 Å². The number of rotatable bonds is 9. The van der Waals surface area contributed by atoms with Crippen molar-refractivity contribution in [2.24, 2.45) is 0 Å². The van der Waals surface area contributed by atoms with Crippen LogP contribution >= 0.6 is 0 Å². The molecule has 1 amide bonds. The summed E-state index contributed by atoms with van der Waals surface area (Å²) in [4.78, 5) is 21.2. The average Bonchev–Trinajstić information content (AvgIpc) is 2.84. The summed E-state index contributed by atoms with van der Waals surface area (Å²) in [5.74, 6) is 0.326. The van der Waals surface area contributed by atoms with E-state index in [-0.39, 0.29) is 28.8 Å². The molecule has 0 saturated heterocycles. The zero-order valence-electron chi connectivity index (χ0n) is 19.3. The normalized spacial score (nSPS) is 11.3.